The molecule has 1 fully saturated rings. The first kappa shape index (κ1) is 26.3. The molecule has 9 heteroatoms. The van der Waals surface area contributed by atoms with Crippen molar-refractivity contribution in [3.63, 3.8) is 0 Å². The average molecular weight is 498 g/mol. The lowest BCUT2D eigenvalue weighted by Crippen LogP contribution is -2.36. The number of nitrogens with one attached hydrogen (secondary N) is 1. The summed E-state index contributed by atoms with van der Waals surface area (Å²) in [5, 5.41) is 8.30. The van der Waals surface area contributed by atoms with Crippen molar-refractivity contribution in [3.8, 4) is 5.69 Å². The average Bonchev–Trinajstić information content (AvgIpc) is 3.52. The molecule has 0 aliphatic carbocycles. The zero-order valence-corrected chi connectivity index (χ0v) is 21.3. The summed E-state index contributed by atoms with van der Waals surface area (Å²) in [6.07, 6.45) is 8.06. The fraction of sp³-hybridized carbons (Fsp3) is 0.346. The number of halogens is 1. The molecule has 1 aliphatic rings. The number of rotatable bonds is 7. The first-order valence-corrected chi connectivity index (χ1v) is 12.5. The number of amides is 1. The molecule has 3 aromatic rings. The van der Waals surface area contributed by atoms with Crippen LogP contribution in [0.5, 0.6) is 0 Å². The third kappa shape index (κ3) is 6.64. The number of hydrogen-bond acceptors (Lipinski definition) is 6. The number of morpholine rings is 1. The largest absolute Gasteiger partial charge is 0.378 e. The molecule has 2 aromatic heterocycles. The summed E-state index contributed by atoms with van der Waals surface area (Å²) in [5.74, 6) is -0.537. The molecule has 0 atom stereocenters. The Labute approximate surface area is 209 Å². The van der Waals surface area contributed by atoms with E-state index in [9.17, 15) is 9.18 Å². The molecule has 0 spiro atoms. The van der Waals surface area contributed by atoms with E-state index in [2.05, 4.69) is 40.7 Å². The molecule has 1 saturated heterocycles. The summed E-state index contributed by atoms with van der Waals surface area (Å²) in [6, 6.07) is 5.99. The number of thiazole rings is 1. The maximum absolute atomic E-state index is 13.3. The monoisotopic (exact) mass is 497 g/mol. The highest BCUT2D eigenvalue weighted by Gasteiger charge is 2.19. The minimum absolute atomic E-state index is 0.212. The van der Waals surface area contributed by atoms with Crippen molar-refractivity contribution >= 4 is 34.0 Å². The number of allylic oxidation sites excluding steroid dienone is 1. The molecule has 0 saturated carbocycles. The number of carbonyl (C=O) groups is 1. The van der Waals surface area contributed by atoms with Gasteiger partial charge in [0.1, 0.15) is 5.82 Å². The lowest BCUT2D eigenvalue weighted by Gasteiger charge is -2.25. The van der Waals surface area contributed by atoms with Crippen LogP contribution in [0, 0.1) is 5.82 Å². The van der Waals surface area contributed by atoms with Crippen LogP contribution in [0.15, 0.2) is 49.3 Å². The van der Waals surface area contributed by atoms with E-state index in [-0.39, 0.29) is 11.7 Å². The van der Waals surface area contributed by atoms with Crippen LogP contribution >= 0.6 is 11.3 Å². The molecule has 1 aromatic carbocycles. The molecule has 7 nitrogen and oxygen atoms in total. The topological polar surface area (TPSA) is 72.3 Å². The quantitative estimate of drug-likeness (QED) is 0.461. The first-order chi connectivity index (χ1) is 17.0. The van der Waals surface area contributed by atoms with Crippen LogP contribution < -0.4 is 10.2 Å². The SMILES string of the molecule is C=Cc1c(/C(=C\C)C(=O)NCc2cnc(N3CCOCC3)s2)cnn1-c1ccc(F)cc1.CCC. The summed E-state index contributed by atoms with van der Waals surface area (Å²) in [4.78, 5) is 20.6. The number of anilines is 1. The van der Waals surface area contributed by atoms with E-state index in [1.807, 2.05) is 0 Å². The van der Waals surface area contributed by atoms with Crippen molar-refractivity contribution in [2.45, 2.75) is 33.7 Å². The Hall–Kier alpha value is -3.30. The van der Waals surface area contributed by atoms with E-state index in [0.717, 1.165) is 23.1 Å². The predicted molar refractivity (Wildman–Crippen MR) is 140 cm³/mol. The molecule has 35 heavy (non-hydrogen) atoms. The zero-order valence-electron chi connectivity index (χ0n) is 20.5. The Balaban J connectivity index is 0.00000108. The Bertz CT molecular complexity index is 1150. The number of ether oxygens (including phenoxy) is 1. The molecular weight excluding hydrogens is 465 g/mol. The Kier molecular flexibility index (Phi) is 9.75. The summed E-state index contributed by atoms with van der Waals surface area (Å²) in [7, 11) is 0. The highest BCUT2D eigenvalue weighted by Crippen LogP contribution is 2.25. The van der Waals surface area contributed by atoms with E-state index >= 15 is 0 Å². The van der Waals surface area contributed by atoms with E-state index < -0.39 is 0 Å². The van der Waals surface area contributed by atoms with Gasteiger partial charge in [0.05, 0.1) is 37.3 Å². The van der Waals surface area contributed by atoms with Gasteiger partial charge in [-0.3, -0.25) is 4.79 Å². The summed E-state index contributed by atoms with van der Waals surface area (Å²) < 4.78 is 20.3. The summed E-state index contributed by atoms with van der Waals surface area (Å²) >= 11 is 1.57. The standard InChI is InChI=1S/C23H24FN5O2S.C3H8/c1-3-19(20-15-27-29(21(20)4-2)17-7-5-16(24)6-8-17)22(30)25-13-18-14-26-23(32-18)28-9-11-31-12-10-28;1-3-2/h3-8,14-15H,2,9-13H2,1H3,(H,25,30);3H2,1-2H3/b19-3+;. The first-order valence-electron chi connectivity index (χ1n) is 11.7. The molecule has 4 rings (SSSR count). The highest BCUT2D eigenvalue weighted by molar-refractivity contribution is 7.15. The molecule has 0 unspecified atom stereocenters. The van der Waals surface area contributed by atoms with Gasteiger partial charge in [-0.05, 0) is 37.3 Å². The van der Waals surface area contributed by atoms with Crippen LogP contribution in [0.4, 0.5) is 9.52 Å². The fourth-order valence-electron chi connectivity index (χ4n) is 3.50. The lowest BCUT2D eigenvalue weighted by molar-refractivity contribution is -0.115. The third-order valence-corrected chi connectivity index (χ3v) is 6.20. The van der Waals surface area contributed by atoms with Crippen LogP contribution in [0.1, 0.15) is 43.3 Å². The van der Waals surface area contributed by atoms with Crippen LogP contribution in [-0.4, -0.2) is 47.0 Å². The van der Waals surface area contributed by atoms with Gasteiger partial charge >= 0.3 is 0 Å². The normalized spacial score (nSPS) is 13.7. The van der Waals surface area contributed by atoms with Crippen molar-refractivity contribution < 1.29 is 13.9 Å². The van der Waals surface area contributed by atoms with Gasteiger partial charge in [0, 0.05) is 35.3 Å². The van der Waals surface area contributed by atoms with Gasteiger partial charge in [-0.15, -0.1) is 11.3 Å². The Morgan fingerprint density at radius 2 is 1.91 bits per heavy atom. The number of hydrogen-bond donors (Lipinski definition) is 1. The summed E-state index contributed by atoms with van der Waals surface area (Å²) in [6.45, 7) is 13.4. The highest BCUT2D eigenvalue weighted by atomic mass is 32.1. The van der Waals surface area contributed by atoms with Crippen molar-refractivity contribution in [2.24, 2.45) is 0 Å². The molecule has 1 aliphatic heterocycles. The minimum Gasteiger partial charge on any atom is -0.378 e. The van der Waals surface area contributed by atoms with Crippen molar-refractivity contribution in [1.29, 1.82) is 0 Å². The zero-order chi connectivity index (χ0) is 25.2. The van der Waals surface area contributed by atoms with Gasteiger partial charge in [0.2, 0.25) is 0 Å². The third-order valence-electron chi connectivity index (χ3n) is 5.14. The molecule has 0 radical (unpaired) electrons. The fourth-order valence-corrected chi connectivity index (χ4v) is 4.40. The molecule has 1 amide bonds. The Morgan fingerprint density at radius 1 is 1.23 bits per heavy atom. The van der Waals surface area contributed by atoms with Gasteiger partial charge in [-0.25, -0.2) is 14.1 Å². The van der Waals surface area contributed by atoms with E-state index in [1.54, 1.807) is 59.6 Å². The smallest absolute Gasteiger partial charge is 0.251 e. The second-order valence-electron chi connectivity index (χ2n) is 7.84. The number of benzene rings is 1. The van der Waals surface area contributed by atoms with Gasteiger partial charge in [0.25, 0.3) is 5.91 Å². The van der Waals surface area contributed by atoms with Crippen molar-refractivity contribution in [1.82, 2.24) is 20.1 Å². The molecular formula is C26H32FN5O2S. The Morgan fingerprint density at radius 3 is 2.54 bits per heavy atom. The lowest BCUT2D eigenvalue weighted by atomic mass is 10.1. The number of nitrogens with zero attached hydrogens (tertiary/aromatic N) is 4. The molecule has 3 heterocycles. The second kappa shape index (κ2) is 13.0. The van der Waals surface area contributed by atoms with Crippen LogP contribution in [0.2, 0.25) is 0 Å². The predicted octanol–water partition coefficient (Wildman–Crippen LogP) is 5.08. The van der Waals surface area contributed by atoms with Crippen LogP contribution in [-0.2, 0) is 16.1 Å². The van der Waals surface area contributed by atoms with E-state index in [0.29, 0.717) is 42.3 Å². The second-order valence-corrected chi connectivity index (χ2v) is 8.93. The van der Waals surface area contributed by atoms with Crippen LogP contribution in [0.25, 0.3) is 17.3 Å². The van der Waals surface area contributed by atoms with Gasteiger partial charge in [-0.2, -0.15) is 5.10 Å². The maximum Gasteiger partial charge on any atom is 0.251 e. The van der Waals surface area contributed by atoms with Gasteiger partial charge in [-0.1, -0.05) is 32.9 Å². The van der Waals surface area contributed by atoms with E-state index in [4.69, 9.17) is 4.74 Å². The van der Waals surface area contributed by atoms with Gasteiger partial charge in [0.15, 0.2) is 5.13 Å². The van der Waals surface area contributed by atoms with E-state index in [1.165, 1.54) is 18.6 Å². The van der Waals surface area contributed by atoms with Crippen LogP contribution in [0.3, 0.4) is 0 Å². The minimum atomic E-state index is -0.324. The summed E-state index contributed by atoms with van der Waals surface area (Å²) in [5.41, 5.74) is 2.49. The molecule has 186 valence electrons. The van der Waals surface area contributed by atoms with Crippen molar-refractivity contribution in [2.75, 3.05) is 31.2 Å². The molecule has 0 bridgehead atoms. The van der Waals surface area contributed by atoms with Crippen molar-refractivity contribution in [3.05, 3.63) is 71.3 Å². The van der Waals surface area contributed by atoms with Gasteiger partial charge < -0.3 is 15.0 Å². The molecule has 1 N–H and O–H groups in total. The number of carbonyl (C=O) groups excluding carboxylic acids is 1. The number of aromatic nitrogens is 3. The maximum atomic E-state index is 13.3.